The number of rotatable bonds is 7. The van der Waals surface area contributed by atoms with Crippen LogP contribution in [0.3, 0.4) is 0 Å². The molecule has 7 nitrogen and oxygen atoms in total. The Morgan fingerprint density at radius 1 is 1.04 bits per heavy atom. The largest absolute Gasteiger partial charge is 0.323 e. The van der Waals surface area contributed by atoms with E-state index in [1.54, 1.807) is 0 Å². The van der Waals surface area contributed by atoms with E-state index in [0.717, 1.165) is 9.87 Å². The topological polar surface area (TPSA) is 107 Å². The first kappa shape index (κ1) is 23.0. The van der Waals surface area contributed by atoms with E-state index in [9.17, 15) is 18.5 Å². The van der Waals surface area contributed by atoms with E-state index in [1.807, 2.05) is 24.3 Å². The molecule has 0 aliphatic heterocycles. The highest BCUT2D eigenvalue weighted by atomic mass is 35.5. The number of hydrogen-bond acceptors (Lipinski definition) is 5. The van der Waals surface area contributed by atoms with Gasteiger partial charge in [0, 0.05) is 31.8 Å². The average molecular weight is 414 g/mol. The smallest absolute Gasteiger partial charge is 0.269 e. The molecule has 0 spiro atoms. The van der Waals surface area contributed by atoms with Crippen LogP contribution >= 0.6 is 12.4 Å². The van der Waals surface area contributed by atoms with Crippen LogP contribution in [0.15, 0.2) is 53.4 Å². The van der Waals surface area contributed by atoms with Gasteiger partial charge in [0.05, 0.1) is 9.82 Å². The number of sulfonamides is 1. The summed E-state index contributed by atoms with van der Waals surface area (Å²) in [6.45, 7) is 4.29. The van der Waals surface area contributed by atoms with Crippen LogP contribution in [-0.4, -0.2) is 31.2 Å². The Balaban J connectivity index is 0.00000364. The third-order valence-electron chi connectivity index (χ3n) is 4.24. The molecule has 0 radical (unpaired) electrons. The number of benzene rings is 2. The van der Waals surface area contributed by atoms with Gasteiger partial charge in [-0.15, -0.1) is 12.4 Å². The van der Waals surface area contributed by atoms with Gasteiger partial charge in [-0.05, 0) is 29.2 Å². The van der Waals surface area contributed by atoms with E-state index in [1.165, 1.54) is 36.9 Å². The van der Waals surface area contributed by atoms with E-state index < -0.39 is 21.0 Å². The molecule has 0 fully saturated rings. The highest BCUT2D eigenvalue weighted by molar-refractivity contribution is 7.89. The zero-order valence-electron chi connectivity index (χ0n) is 15.4. The number of nitro benzene ring substituents is 1. The molecule has 9 heteroatoms. The second kappa shape index (κ2) is 9.27. The van der Waals surface area contributed by atoms with Crippen molar-refractivity contribution < 1.29 is 13.3 Å². The molecule has 2 aromatic rings. The Morgan fingerprint density at radius 2 is 1.52 bits per heavy atom. The molecule has 0 bridgehead atoms. The van der Waals surface area contributed by atoms with Gasteiger partial charge in [0.25, 0.3) is 5.69 Å². The normalized spacial score (nSPS) is 12.7. The molecule has 2 rings (SSSR count). The van der Waals surface area contributed by atoms with Crippen molar-refractivity contribution in [3.63, 3.8) is 0 Å². The Morgan fingerprint density at radius 3 is 1.96 bits per heavy atom. The van der Waals surface area contributed by atoms with E-state index in [-0.39, 0.29) is 29.5 Å². The van der Waals surface area contributed by atoms with Gasteiger partial charge in [-0.1, -0.05) is 38.1 Å². The van der Waals surface area contributed by atoms with Crippen molar-refractivity contribution >= 4 is 28.1 Å². The lowest BCUT2D eigenvalue weighted by Gasteiger charge is -2.22. The fourth-order valence-corrected chi connectivity index (χ4v) is 3.73. The molecule has 0 aromatic heterocycles. The molecule has 0 aliphatic carbocycles. The number of nitrogens with two attached hydrogens (primary N) is 1. The highest BCUT2D eigenvalue weighted by Gasteiger charge is 2.24. The third-order valence-corrected chi connectivity index (χ3v) is 6.08. The maximum atomic E-state index is 12.6. The van der Waals surface area contributed by atoms with Crippen molar-refractivity contribution in [3.05, 3.63) is 69.8 Å². The Kier molecular flexibility index (Phi) is 7.91. The average Bonchev–Trinajstić information content (AvgIpc) is 2.61. The minimum atomic E-state index is -3.78. The fourth-order valence-electron chi connectivity index (χ4n) is 2.53. The Bertz CT molecular complexity index is 868. The van der Waals surface area contributed by atoms with E-state index in [4.69, 9.17) is 5.73 Å². The summed E-state index contributed by atoms with van der Waals surface area (Å²) in [6, 6.07) is 12.1. The van der Waals surface area contributed by atoms with Crippen molar-refractivity contribution in [1.82, 2.24) is 4.31 Å². The standard InChI is InChI=1S/C18H23N3O4S.ClH/c1-13(2)14-4-6-15(7-5-14)18(19)12-20(3)26(24,25)17-10-8-16(9-11-17)21(22)23;/h4-11,13,18H,12,19H2,1-3H3;1H. The number of hydrogen-bond donors (Lipinski definition) is 1. The maximum absolute atomic E-state index is 12.6. The first-order valence-corrected chi connectivity index (χ1v) is 9.63. The lowest BCUT2D eigenvalue weighted by atomic mass is 9.99. The van der Waals surface area contributed by atoms with Crippen LogP contribution in [0.4, 0.5) is 5.69 Å². The summed E-state index contributed by atoms with van der Waals surface area (Å²) in [4.78, 5) is 10.1. The van der Waals surface area contributed by atoms with Gasteiger partial charge in [0.15, 0.2) is 0 Å². The molecule has 2 N–H and O–H groups in total. The molecule has 0 saturated carbocycles. The van der Waals surface area contributed by atoms with Crippen LogP contribution in [-0.2, 0) is 10.0 Å². The number of nitrogens with zero attached hydrogens (tertiary/aromatic N) is 2. The van der Waals surface area contributed by atoms with Gasteiger partial charge in [-0.2, -0.15) is 4.31 Å². The summed E-state index contributed by atoms with van der Waals surface area (Å²) in [7, 11) is -2.33. The van der Waals surface area contributed by atoms with Crippen LogP contribution in [0.5, 0.6) is 0 Å². The van der Waals surface area contributed by atoms with Crippen molar-refractivity contribution in [2.24, 2.45) is 5.73 Å². The third kappa shape index (κ3) is 5.49. The van der Waals surface area contributed by atoms with Crippen LogP contribution in [0.1, 0.15) is 36.9 Å². The molecule has 148 valence electrons. The summed E-state index contributed by atoms with van der Waals surface area (Å²) in [6.07, 6.45) is 0. The SMILES string of the molecule is CC(C)c1ccc(C(N)CN(C)S(=O)(=O)c2ccc([N+](=O)[O-])cc2)cc1.Cl. The molecule has 27 heavy (non-hydrogen) atoms. The first-order valence-electron chi connectivity index (χ1n) is 8.19. The van der Waals surface area contributed by atoms with Crippen molar-refractivity contribution in [2.45, 2.75) is 30.7 Å². The van der Waals surface area contributed by atoms with Crippen LogP contribution in [0.25, 0.3) is 0 Å². The van der Waals surface area contributed by atoms with Gasteiger partial charge in [-0.25, -0.2) is 8.42 Å². The van der Waals surface area contributed by atoms with Gasteiger partial charge < -0.3 is 5.73 Å². The number of likely N-dealkylation sites (N-methyl/N-ethyl adjacent to an activating group) is 1. The number of non-ortho nitro benzene ring substituents is 1. The minimum Gasteiger partial charge on any atom is -0.323 e. The van der Waals surface area contributed by atoms with Gasteiger partial charge in [0.1, 0.15) is 0 Å². The molecule has 0 amide bonds. The van der Waals surface area contributed by atoms with E-state index in [2.05, 4.69) is 13.8 Å². The van der Waals surface area contributed by atoms with Crippen LogP contribution in [0, 0.1) is 10.1 Å². The molecule has 0 saturated heterocycles. The van der Waals surface area contributed by atoms with Crippen molar-refractivity contribution in [2.75, 3.05) is 13.6 Å². The second-order valence-corrected chi connectivity index (χ2v) is 8.51. The van der Waals surface area contributed by atoms with Crippen molar-refractivity contribution in [3.8, 4) is 0 Å². The second-order valence-electron chi connectivity index (χ2n) is 6.46. The summed E-state index contributed by atoms with van der Waals surface area (Å²) < 4.78 is 26.4. The number of halogens is 1. The molecule has 2 aromatic carbocycles. The van der Waals surface area contributed by atoms with Crippen LogP contribution in [0.2, 0.25) is 0 Å². The lowest BCUT2D eigenvalue weighted by molar-refractivity contribution is -0.384. The Labute approximate surface area is 165 Å². The molecule has 1 unspecified atom stereocenters. The van der Waals surface area contributed by atoms with Crippen molar-refractivity contribution in [1.29, 1.82) is 0 Å². The zero-order valence-corrected chi connectivity index (χ0v) is 17.0. The van der Waals surface area contributed by atoms with Gasteiger partial charge in [-0.3, -0.25) is 10.1 Å². The highest BCUT2D eigenvalue weighted by Crippen LogP contribution is 2.22. The quantitative estimate of drug-likeness (QED) is 0.552. The predicted octanol–water partition coefficient (Wildman–Crippen LogP) is 3.46. The summed E-state index contributed by atoms with van der Waals surface area (Å²) in [5.74, 6) is 0.408. The molecule has 0 heterocycles. The molecule has 0 aliphatic rings. The monoisotopic (exact) mass is 413 g/mol. The van der Waals surface area contributed by atoms with E-state index >= 15 is 0 Å². The van der Waals surface area contributed by atoms with Crippen LogP contribution < -0.4 is 5.73 Å². The maximum Gasteiger partial charge on any atom is 0.269 e. The molecular formula is C18H24ClN3O4S. The number of nitro groups is 1. The summed E-state index contributed by atoms with van der Waals surface area (Å²) in [5.41, 5.74) is 8.04. The molecule has 1 atom stereocenters. The van der Waals surface area contributed by atoms with Gasteiger partial charge >= 0.3 is 0 Å². The van der Waals surface area contributed by atoms with E-state index in [0.29, 0.717) is 5.92 Å². The zero-order chi connectivity index (χ0) is 19.5. The van der Waals surface area contributed by atoms with Gasteiger partial charge in [0.2, 0.25) is 10.0 Å². The lowest BCUT2D eigenvalue weighted by Crippen LogP contribution is -2.34. The molecular weight excluding hydrogens is 390 g/mol. The fraction of sp³-hybridized carbons (Fsp3) is 0.333. The Hall–Kier alpha value is -2.00. The minimum absolute atomic E-state index is 0. The summed E-state index contributed by atoms with van der Waals surface area (Å²) >= 11 is 0. The first-order chi connectivity index (χ1) is 12.1. The predicted molar refractivity (Wildman–Crippen MR) is 108 cm³/mol. The summed E-state index contributed by atoms with van der Waals surface area (Å²) in [5, 5.41) is 10.7.